The molecule has 0 aromatic heterocycles. The molecule has 0 aliphatic heterocycles. The highest BCUT2D eigenvalue weighted by Crippen LogP contribution is 2.65. The molecule has 0 saturated carbocycles. The minimum absolute atomic E-state index is 0.539. The zero-order valence-electron chi connectivity index (χ0n) is 34.1. The first-order valence-electron chi connectivity index (χ1n) is 21.5. The summed E-state index contributed by atoms with van der Waals surface area (Å²) < 4.78 is 0. The fourth-order valence-electron chi connectivity index (χ4n) is 10.4. The summed E-state index contributed by atoms with van der Waals surface area (Å²) in [6, 6.07) is 91.6. The van der Waals surface area contributed by atoms with E-state index in [2.05, 4.69) is 254 Å². The van der Waals surface area contributed by atoms with E-state index < -0.39 is 5.41 Å². The number of anilines is 3. The second-order valence-corrected chi connectivity index (χ2v) is 16.4. The Morgan fingerprint density at radius 2 is 0.677 bits per heavy atom. The molecular weight excluding hydrogens is 747 g/mol. The number of hydrogen-bond acceptors (Lipinski definition) is 1. The molecule has 290 valence electrons. The first-order valence-corrected chi connectivity index (χ1v) is 21.5. The number of hydrogen-bond donors (Lipinski definition) is 0. The normalized spacial score (nSPS) is 12.6. The van der Waals surface area contributed by atoms with Crippen LogP contribution in [0.25, 0.3) is 66.8 Å². The maximum atomic E-state index is 2.51. The van der Waals surface area contributed by atoms with Crippen LogP contribution in [0.5, 0.6) is 0 Å². The highest BCUT2D eigenvalue weighted by Gasteiger charge is 2.53. The van der Waals surface area contributed by atoms with Crippen molar-refractivity contribution < 1.29 is 0 Å². The largest absolute Gasteiger partial charge is 0.310 e. The Labute approximate surface area is 363 Å². The average Bonchev–Trinajstić information content (AvgIpc) is 3.83. The van der Waals surface area contributed by atoms with Crippen LogP contribution in [0.15, 0.2) is 249 Å². The third-order valence-electron chi connectivity index (χ3n) is 13.1. The highest BCUT2D eigenvalue weighted by atomic mass is 15.1. The van der Waals surface area contributed by atoms with E-state index in [0.717, 1.165) is 17.1 Å². The van der Waals surface area contributed by atoms with Crippen molar-refractivity contribution in [2.24, 2.45) is 0 Å². The molecule has 0 heterocycles. The van der Waals surface area contributed by atoms with E-state index in [4.69, 9.17) is 0 Å². The van der Waals surface area contributed by atoms with Gasteiger partial charge in [-0.1, -0.05) is 212 Å². The lowest BCUT2D eigenvalue weighted by Crippen LogP contribution is -2.27. The van der Waals surface area contributed by atoms with Gasteiger partial charge in [-0.25, -0.2) is 0 Å². The van der Waals surface area contributed by atoms with Crippen LogP contribution in [0, 0.1) is 0 Å². The van der Waals surface area contributed by atoms with Crippen LogP contribution in [0.1, 0.15) is 22.3 Å². The zero-order valence-corrected chi connectivity index (χ0v) is 34.1. The molecule has 62 heavy (non-hydrogen) atoms. The lowest BCUT2D eigenvalue weighted by molar-refractivity contribution is 0.795. The fraction of sp³-hybridized carbons (Fsp3) is 0.0164. The van der Waals surface area contributed by atoms with Crippen molar-refractivity contribution in [2.45, 2.75) is 5.41 Å². The van der Waals surface area contributed by atoms with Gasteiger partial charge >= 0.3 is 0 Å². The Hall–Kier alpha value is -8.00. The Morgan fingerprint density at radius 3 is 1.29 bits per heavy atom. The van der Waals surface area contributed by atoms with E-state index >= 15 is 0 Å². The van der Waals surface area contributed by atoms with Crippen LogP contribution in [-0.4, -0.2) is 0 Å². The first kappa shape index (κ1) is 35.9. The lowest BCUT2D eigenvalue weighted by Gasteiger charge is -2.34. The van der Waals surface area contributed by atoms with Gasteiger partial charge in [-0.3, -0.25) is 0 Å². The third kappa shape index (κ3) is 5.56. The summed E-state index contributed by atoms with van der Waals surface area (Å²) in [7, 11) is 0. The van der Waals surface area contributed by atoms with E-state index in [1.54, 1.807) is 0 Å². The standard InChI is InChI=1S/C61H41N/c1-5-18-42(19-6-1)44-32-35-48(36-33-44)62(59-39-34-47(43-20-7-2-8-21-43)40-55(59)46-24-11-4-12-25-46)49-37-38-53-54-29-17-28-50(45-22-9-3-10-23-45)60(54)61(58(53)41-49)56-30-15-13-26-51(56)52-27-14-16-31-57(52)61/h1-41H. The molecule has 2 aliphatic rings. The number of fused-ring (bicyclic) bond motifs is 10. The van der Waals surface area contributed by atoms with Gasteiger partial charge in [-0.05, 0) is 120 Å². The molecule has 10 aromatic rings. The molecule has 1 heteroatoms. The molecule has 1 spiro atoms. The summed E-state index contributed by atoms with van der Waals surface area (Å²) in [4.78, 5) is 2.48. The fourth-order valence-corrected chi connectivity index (χ4v) is 10.4. The van der Waals surface area contributed by atoms with Crippen LogP contribution in [-0.2, 0) is 5.41 Å². The molecule has 1 nitrogen and oxygen atoms in total. The Morgan fingerprint density at radius 1 is 0.242 bits per heavy atom. The number of nitrogens with zero attached hydrogens (tertiary/aromatic N) is 1. The molecule has 0 fully saturated rings. The molecule has 0 atom stereocenters. The van der Waals surface area contributed by atoms with Gasteiger partial charge in [0.05, 0.1) is 11.1 Å². The van der Waals surface area contributed by atoms with Crippen molar-refractivity contribution in [3.63, 3.8) is 0 Å². The van der Waals surface area contributed by atoms with Crippen LogP contribution < -0.4 is 4.90 Å². The van der Waals surface area contributed by atoms with Crippen LogP contribution in [0.3, 0.4) is 0 Å². The average molecular weight is 788 g/mol. The number of rotatable bonds is 7. The van der Waals surface area contributed by atoms with Gasteiger partial charge in [0.2, 0.25) is 0 Å². The summed E-state index contributed by atoms with van der Waals surface area (Å²) >= 11 is 0. The van der Waals surface area contributed by atoms with E-state index in [0.29, 0.717) is 0 Å². The smallest absolute Gasteiger partial charge is 0.0732 e. The SMILES string of the molecule is c1ccc(-c2ccc(N(c3ccc4c(c3)C3(c5ccccc5-c5ccccc53)c3c(-c5ccccc5)cccc3-4)c3ccc(-c4ccccc4)cc3-c3ccccc3)cc2)cc1. The Bertz CT molecular complexity index is 3210. The predicted octanol–water partition coefficient (Wildman–Crippen LogP) is 16.2. The molecule has 0 saturated heterocycles. The maximum Gasteiger partial charge on any atom is 0.0732 e. The molecular formula is C61H41N. The molecule has 0 N–H and O–H groups in total. The molecule has 12 rings (SSSR count). The lowest BCUT2D eigenvalue weighted by atomic mass is 9.68. The quantitative estimate of drug-likeness (QED) is 0.155. The first-order chi connectivity index (χ1) is 30.8. The van der Waals surface area contributed by atoms with Gasteiger partial charge in [0, 0.05) is 16.9 Å². The summed E-state index contributed by atoms with van der Waals surface area (Å²) in [5.41, 5.74) is 22.9. The van der Waals surface area contributed by atoms with Crippen molar-refractivity contribution in [1.29, 1.82) is 0 Å². The van der Waals surface area contributed by atoms with Crippen molar-refractivity contribution in [1.82, 2.24) is 0 Å². The van der Waals surface area contributed by atoms with E-state index in [1.807, 2.05) is 0 Å². The zero-order chi connectivity index (χ0) is 41.0. The van der Waals surface area contributed by atoms with Gasteiger partial charge < -0.3 is 4.90 Å². The molecule has 0 bridgehead atoms. The molecule has 0 radical (unpaired) electrons. The third-order valence-corrected chi connectivity index (χ3v) is 13.1. The molecule has 0 amide bonds. The maximum absolute atomic E-state index is 2.51. The minimum Gasteiger partial charge on any atom is -0.310 e. The van der Waals surface area contributed by atoms with E-state index in [1.165, 1.54) is 89.0 Å². The van der Waals surface area contributed by atoms with Crippen molar-refractivity contribution >= 4 is 17.1 Å². The summed E-state index contributed by atoms with van der Waals surface area (Å²) in [5.74, 6) is 0. The summed E-state index contributed by atoms with van der Waals surface area (Å²) in [5, 5.41) is 0. The van der Waals surface area contributed by atoms with Crippen molar-refractivity contribution in [3.8, 4) is 66.8 Å². The molecule has 10 aromatic carbocycles. The van der Waals surface area contributed by atoms with Gasteiger partial charge in [-0.15, -0.1) is 0 Å². The minimum atomic E-state index is -0.539. The topological polar surface area (TPSA) is 3.24 Å². The van der Waals surface area contributed by atoms with Gasteiger partial charge in [0.25, 0.3) is 0 Å². The van der Waals surface area contributed by atoms with Gasteiger partial charge in [0.15, 0.2) is 0 Å². The van der Waals surface area contributed by atoms with Crippen LogP contribution in [0.2, 0.25) is 0 Å². The molecule has 2 aliphatic carbocycles. The van der Waals surface area contributed by atoms with Crippen LogP contribution in [0.4, 0.5) is 17.1 Å². The second-order valence-electron chi connectivity index (χ2n) is 16.4. The van der Waals surface area contributed by atoms with E-state index in [9.17, 15) is 0 Å². The van der Waals surface area contributed by atoms with Gasteiger partial charge in [-0.2, -0.15) is 0 Å². The Kier molecular flexibility index (Phi) is 8.47. The van der Waals surface area contributed by atoms with Crippen molar-refractivity contribution in [2.75, 3.05) is 4.90 Å². The Balaban J connectivity index is 1.14. The molecule has 0 unspecified atom stereocenters. The highest BCUT2D eigenvalue weighted by molar-refractivity contribution is 6.00. The predicted molar refractivity (Wildman–Crippen MR) is 259 cm³/mol. The second kappa shape index (κ2) is 14.6. The number of benzene rings is 10. The van der Waals surface area contributed by atoms with Crippen molar-refractivity contribution in [3.05, 3.63) is 271 Å². The summed E-state index contributed by atoms with van der Waals surface area (Å²) in [6.07, 6.45) is 0. The monoisotopic (exact) mass is 787 g/mol. The van der Waals surface area contributed by atoms with E-state index in [-0.39, 0.29) is 0 Å². The van der Waals surface area contributed by atoms with Crippen LogP contribution >= 0.6 is 0 Å². The summed E-state index contributed by atoms with van der Waals surface area (Å²) in [6.45, 7) is 0. The van der Waals surface area contributed by atoms with Gasteiger partial charge in [0.1, 0.15) is 0 Å².